The fourth-order valence-corrected chi connectivity index (χ4v) is 2.85. The second-order valence-electron chi connectivity index (χ2n) is 4.28. The molecule has 0 unspecified atom stereocenters. The highest BCUT2D eigenvalue weighted by Crippen LogP contribution is 2.30. The first-order chi connectivity index (χ1) is 7.93. The van der Waals surface area contributed by atoms with E-state index in [-0.39, 0.29) is 11.4 Å². The van der Waals surface area contributed by atoms with Crippen molar-refractivity contribution >= 4 is 10.0 Å². The molecule has 1 aliphatic rings. The maximum absolute atomic E-state index is 11.8. The van der Waals surface area contributed by atoms with Gasteiger partial charge in [-0.2, -0.15) is 0 Å². The third-order valence-corrected chi connectivity index (χ3v) is 4.38. The van der Waals surface area contributed by atoms with E-state index in [0.29, 0.717) is 12.8 Å². The Bertz CT molecular complexity index is 560. The zero-order valence-corrected chi connectivity index (χ0v) is 9.96. The van der Waals surface area contributed by atoms with Gasteiger partial charge in [-0.15, -0.1) is 0 Å². The predicted molar refractivity (Wildman–Crippen MR) is 61.1 cm³/mol. The van der Waals surface area contributed by atoms with Gasteiger partial charge in [0.15, 0.2) is 0 Å². The Kier molecular flexibility index (Phi) is 3.07. The lowest BCUT2D eigenvalue weighted by Gasteiger charge is -2.36. The summed E-state index contributed by atoms with van der Waals surface area (Å²) in [6.07, 6.45) is 4.56. The lowest BCUT2D eigenvalue weighted by molar-refractivity contribution is -0.0270. The molecule has 0 aromatic carbocycles. The molecule has 6 nitrogen and oxygen atoms in total. The molecule has 1 aliphatic carbocycles. The summed E-state index contributed by atoms with van der Waals surface area (Å²) < 4.78 is 25.9. The van der Waals surface area contributed by atoms with Crippen LogP contribution < -0.4 is 10.2 Å². The molecule has 0 saturated heterocycles. The molecule has 3 N–H and O–H groups in total. The van der Waals surface area contributed by atoms with Crippen molar-refractivity contribution in [3.8, 4) is 0 Å². The first-order valence-corrected chi connectivity index (χ1v) is 6.80. The van der Waals surface area contributed by atoms with E-state index >= 15 is 0 Å². The van der Waals surface area contributed by atoms with E-state index < -0.39 is 21.1 Å². The Hall–Kier alpha value is -1.18. The number of rotatable bonds is 4. The predicted octanol–water partition coefficient (Wildman–Crippen LogP) is -0.432. The van der Waals surface area contributed by atoms with Crippen LogP contribution in [0.15, 0.2) is 28.2 Å². The molecule has 1 heterocycles. The van der Waals surface area contributed by atoms with Crippen LogP contribution in [0, 0.1) is 0 Å². The fraction of sp³-hybridized carbons (Fsp3) is 0.500. The van der Waals surface area contributed by atoms with Gasteiger partial charge in [0, 0.05) is 25.0 Å². The molecular formula is C10H14N2O4S. The lowest BCUT2D eigenvalue weighted by atomic mass is 9.81. The number of hydrogen-bond acceptors (Lipinski definition) is 4. The van der Waals surface area contributed by atoms with Crippen LogP contribution in [0.3, 0.4) is 0 Å². The van der Waals surface area contributed by atoms with Crippen molar-refractivity contribution in [3.05, 3.63) is 28.7 Å². The van der Waals surface area contributed by atoms with Gasteiger partial charge in [0.2, 0.25) is 15.5 Å². The third-order valence-electron chi connectivity index (χ3n) is 2.95. The normalized spacial score (nSPS) is 18.6. The van der Waals surface area contributed by atoms with Crippen molar-refractivity contribution in [1.29, 1.82) is 0 Å². The second kappa shape index (κ2) is 4.25. The van der Waals surface area contributed by atoms with E-state index in [9.17, 15) is 18.3 Å². The molecule has 17 heavy (non-hydrogen) atoms. The molecule has 0 aliphatic heterocycles. The maximum Gasteiger partial charge on any atom is 0.246 e. The molecule has 0 spiro atoms. The summed E-state index contributed by atoms with van der Waals surface area (Å²) in [7, 11) is -3.85. The van der Waals surface area contributed by atoms with Crippen molar-refractivity contribution in [3.63, 3.8) is 0 Å². The smallest absolute Gasteiger partial charge is 0.246 e. The van der Waals surface area contributed by atoms with Crippen molar-refractivity contribution < 1.29 is 13.5 Å². The van der Waals surface area contributed by atoms with Gasteiger partial charge >= 0.3 is 0 Å². The van der Waals surface area contributed by atoms with E-state index in [0.717, 1.165) is 18.7 Å². The van der Waals surface area contributed by atoms with E-state index in [4.69, 9.17) is 0 Å². The molecular weight excluding hydrogens is 244 g/mol. The van der Waals surface area contributed by atoms with Crippen molar-refractivity contribution in [2.75, 3.05) is 6.54 Å². The fourth-order valence-electron chi connectivity index (χ4n) is 1.68. The van der Waals surface area contributed by atoms with Crippen molar-refractivity contribution in [2.45, 2.75) is 29.8 Å². The average Bonchev–Trinajstić information content (AvgIpc) is 2.24. The molecule has 1 saturated carbocycles. The van der Waals surface area contributed by atoms with Crippen LogP contribution in [0.2, 0.25) is 0 Å². The number of aromatic nitrogens is 1. The van der Waals surface area contributed by atoms with Gasteiger partial charge < -0.3 is 10.1 Å². The molecule has 7 heteroatoms. The van der Waals surface area contributed by atoms with Gasteiger partial charge in [-0.25, -0.2) is 13.1 Å². The summed E-state index contributed by atoms with van der Waals surface area (Å²) >= 11 is 0. The standard InChI is InChI=1S/C10H14N2O4S/c13-8-2-5-11-6-9(8)17(15,16)12-7-10(14)3-1-4-10/h2,5-6,12,14H,1,3-4,7H2,(H,11,13). The van der Waals surface area contributed by atoms with Gasteiger partial charge in [-0.05, 0) is 19.3 Å². The number of aromatic amines is 1. The topological polar surface area (TPSA) is 99.3 Å². The van der Waals surface area contributed by atoms with Gasteiger partial charge in [0.1, 0.15) is 4.90 Å². The zero-order chi connectivity index (χ0) is 12.5. The van der Waals surface area contributed by atoms with Crippen LogP contribution in [0.4, 0.5) is 0 Å². The maximum atomic E-state index is 11.8. The molecule has 1 fully saturated rings. The Labute approximate surface area is 98.7 Å². The van der Waals surface area contributed by atoms with Gasteiger partial charge in [0.25, 0.3) is 0 Å². The summed E-state index contributed by atoms with van der Waals surface area (Å²) in [5.41, 5.74) is -1.52. The van der Waals surface area contributed by atoms with Crippen LogP contribution in [0.25, 0.3) is 0 Å². The minimum Gasteiger partial charge on any atom is -0.389 e. The number of sulfonamides is 1. The Morgan fingerprint density at radius 3 is 2.71 bits per heavy atom. The Balaban J connectivity index is 2.14. The van der Waals surface area contributed by atoms with Crippen molar-refractivity contribution in [1.82, 2.24) is 9.71 Å². The lowest BCUT2D eigenvalue weighted by Crippen LogP contribution is -2.48. The number of pyridine rings is 1. The van der Waals surface area contributed by atoms with E-state index in [1.54, 1.807) is 0 Å². The number of hydrogen-bond donors (Lipinski definition) is 3. The second-order valence-corrected chi connectivity index (χ2v) is 6.01. The summed E-state index contributed by atoms with van der Waals surface area (Å²) in [5.74, 6) is 0. The SMILES string of the molecule is O=c1cc[nH]cc1S(=O)(=O)NCC1(O)CCC1. The largest absolute Gasteiger partial charge is 0.389 e. The average molecular weight is 258 g/mol. The van der Waals surface area contributed by atoms with E-state index in [1.807, 2.05) is 0 Å². The molecule has 0 bridgehead atoms. The molecule has 0 amide bonds. The Morgan fingerprint density at radius 1 is 1.47 bits per heavy atom. The van der Waals surface area contributed by atoms with Crippen LogP contribution in [0.5, 0.6) is 0 Å². The first kappa shape index (κ1) is 12.3. The van der Waals surface area contributed by atoms with E-state index in [1.165, 1.54) is 6.20 Å². The molecule has 0 atom stereocenters. The minimum absolute atomic E-state index is 0.0519. The van der Waals surface area contributed by atoms with Crippen molar-refractivity contribution in [2.24, 2.45) is 0 Å². The quantitative estimate of drug-likeness (QED) is 0.682. The number of aliphatic hydroxyl groups is 1. The van der Waals surface area contributed by atoms with Gasteiger partial charge in [-0.3, -0.25) is 4.79 Å². The molecule has 1 aromatic heterocycles. The third kappa shape index (κ3) is 2.56. The first-order valence-electron chi connectivity index (χ1n) is 5.32. The molecule has 94 valence electrons. The van der Waals surface area contributed by atoms with Crippen LogP contribution in [-0.2, 0) is 10.0 Å². The van der Waals surface area contributed by atoms with Gasteiger partial charge in [0.05, 0.1) is 5.60 Å². The highest BCUT2D eigenvalue weighted by Gasteiger charge is 2.35. The Morgan fingerprint density at radius 2 is 2.18 bits per heavy atom. The molecule has 2 rings (SSSR count). The minimum atomic E-state index is -3.85. The number of nitrogens with one attached hydrogen (secondary N) is 2. The summed E-state index contributed by atoms with van der Waals surface area (Å²) in [6.45, 7) is -0.0519. The van der Waals surface area contributed by atoms with Crippen LogP contribution >= 0.6 is 0 Å². The summed E-state index contributed by atoms with van der Waals surface area (Å²) in [5, 5.41) is 9.78. The number of H-pyrrole nitrogens is 1. The summed E-state index contributed by atoms with van der Waals surface area (Å²) in [4.78, 5) is 13.6. The van der Waals surface area contributed by atoms with Gasteiger partial charge in [-0.1, -0.05) is 0 Å². The monoisotopic (exact) mass is 258 g/mol. The summed E-state index contributed by atoms with van der Waals surface area (Å²) in [6, 6.07) is 1.15. The molecule has 0 radical (unpaired) electrons. The van der Waals surface area contributed by atoms with Crippen LogP contribution in [0.1, 0.15) is 19.3 Å². The van der Waals surface area contributed by atoms with Crippen LogP contribution in [-0.4, -0.2) is 30.7 Å². The van der Waals surface area contributed by atoms with E-state index in [2.05, 4.69) is 9.71 Å². The zero-order valence-electron chi connectivity index (χ0n) is 9.14. The molecule has 1 aromatic rings. The highest BCUT2D eigenvalue weighted by molar-refractivity contribution is 7.89. The highest BCUT2D eigenvalue weighted by atomic mass is 32.2.